The zero-order valence-corrected chi connectivity index (χ0v) is 16.5. The van der Waals surface area contributed by atoms with Gasteiger partial charge in [0.1, 0.15) is 5.82 Å². The van der Waals surface area contributed by atoms with Crippen LogP contribution in [0.2, 0.25) is 0 Å². The molecule has 0 saturated carbocycles. The van der Waals surface area contributed by atoms with Gasteiger partial charge in [0.05, 0.1) is 11.2 Å². The fraction of sp³-hybridized carbons (Fsp3) is 0.600. The Bertz CT molecular complexity index is 679. The van der Waals surface area contributed by atoms with Crippen molar-refractivity contribution in [2.75, 3.05) is 0 Å². The summed E-state index contributed by atoms with van der Waals surface area (Å²) in [5.41, 5.74) is 0.604. The normalized spacial score (nSPS) is 20.0. The quantitative estimate of drug-likeness (QED) is 0.322. The Kier molecular flexibility index (Phi) is 6.47. The summed E-state index contributed by atoms with van der Waals surface area (Å²) in [4.78, 5) is 0. The number of hydrogen-bond donors (Lipinski definition) is 0. The number of unbranched alkanes of at least 4 members (excludes halogenated alkanes) is 1. The first-order chi connectivity index (χ1) is 12.3. The molecule has 1 heterocycles. The van der Waals surface area contributed by atoms with Gasteiger partial charge in [0.25, 0.3) is 0 Å². The standard InChI is InChI=1S/C20H27BF4O2/c1-14(15-10-6-7-12-17(15)22)16(11-8-9-13-20(23,24)25)21-26-18(2,3)19(4,5)27-21/h6-7,10,12H,8-9,11,13H2,1-5H3/b16-14-. The third kappa shape index (κ3) is 5.35. The average molecular weight is 386 g/mol. The number of benzene rings is 1. The SMILES string of the molecule is C/C(=C(\CCCCC(F)(F)F)B1OC(C)(C)C(C)(C)O1)c1ccccc1F. The first-order valence-electron chi connectivity index (χ1n) is 9.21. The zero-order valence-electron chi connectivity index (χ0n) is 16.5. The Balaban J connectivity index is 2.30. The molecule has 0 amide bonds. The first-order valence-corrected chi connectivity index (χ1v) is 9.21. The highest BCUT2D eigenvalue weighted by Gasteiger charge is 2.52. The minimum Gasteiger partial charge on any atom is -0.400 e. The van der Waals surface area contributed by atoms with Crippen molar-refractivity contribution in [1.82, 2.24) is 0 Å². The molecule has 0 unspecified atom stereocenters. The average Bonchev–Trinajstić information content (AvgIpc) is 2.74. The minimum atomic E-state index is -4.17. The molecule has 0 spiro atoms. The van der Waals surface area contributed by atoms with E-state index >= 15 is 0 Å². The second-order valence-corrected chi connectivity index (χ2v) is 8.04. The Morgan fingerprint density at radius 1 is 1.00 bits per heavy atom. The maximum absolute atomic E-state index is 14.3. The Labute approximate surface area is 159 Å². The third-order valence-electron chi connectivity index (χ3n) is 5.45. The van der Waals surface area contributed by atoms with Crippen LogP contribution in [0, 0.1) is 5.82 Å². The van der Waals surface area contributed by atoms with Crippen molar-refractivity contribution >= 4 is 12.7 Å². The summed E-state index contributed by atoms with van der Waals surface area (Å²) in [6.07, 6.45) is -4.31. The molecule has 7 heteroatoms. The van der Waals surface area contributed by atoms with E-state index < -0.39 is 30.9 Å². The molecule has 1 aliphatic rings. The highest BCUT2D eigenvalue weighted by atomic mass is 19.4. The van der Waals surface area contributed by atoms with Crippen molar-refractivity contribution in [3.05, 3.63) is 41.1 Å². The molecule has 0 N–H and O–H groups in total. The number of alkyl halides is 3. The lowest BCUT2D eigenvalue weighted by molar-refractivity contribution is -0.135. The lowest BCUT2D eigenvalue weighted by Crippen LogP contribution is -2.41. The van der Waals surface area contributed by atoms with E-state index in [-0.39, 0.29) is 12.2 Å². The lowest BCUT2D eigenvalue weighted by atomic mass is 9.71. The van der Waals surface area contributed by atoms with E-state index in [2.05, 4.69) is 0 Å². The lowest BCUT2D eigenvalue weighted by Gasteiger charge is -2.32. The number of hydrogen-bond acceptors (Lipinski definition) is 2. The van der Waals surface area contributed by atoms with Gasteiger partial charge in [0, 0.05) is 12.0 Å². The molecule has 27 heavy (non-hydrogen) atoms. The molecule has 0 aromatic heterocycles. The Morgan fingerprint density at radius 3 is 2.07 bits per heavy atom. The van der Waals surface area contributed by atoms with E-state index in [1.165, 1.54) is 6.07 Å². The maximum atomic E-state index is 14.3. The van der Waals surface area contributed by atoms with Crippen LogP contribution in [-0.2, 0) is 9.31 Å². The third-order valence-corrected chi connectivity index (χ3v) is 5.45. The van der Waals surface area contributed by atoms with Crippen molar-refractivity contribution in [2.45, 2.75) is 77.7 Å². The molecule has 1 aromatic carbocycles. The van der Waals surface area contributed by atoms with Crippen molar-refractivity contribution < 1.29 is 26.9 Å². The van der Waals surface area contributed by atoms with Gasteiger partial charge in [-0.3, -0.25) is 0 Å². The molecule has 1 aromatic rings. The smallest absolute Gasteiger partial charge is 0.400 e. The molecule has 0 radical (unpaired) electrons. The molecule has 0 bridgehead atoms. The van der Waals surface area contributed by atoms with E-state index in [0.29, 0.717) is 29.5 Å². The fourth-order valence-corrected chi connectivity index (χ4v) is 3.05. The van der Waals surface area contributed by atoms with E-state index in [0.717, 1.165) is 0 Å². The molecule has 1 aliphatic heterocycles. The number of rotatable bonds is 6. The van der Waals surface area contributed by atoms with Crippen molar-refractivity contribution in [2.24, 2.45) is 0 Å². The molecule has 2 rings (SSSR count). The molecule has 0 aliphatic carbocycles. The van der Waals surface area contributed by atoms with E-state index in [1.807, 2.05) is 27.7 Å². The summed E-state index contributed by atoms with van der Waals surface area (Å²) in [6, 6.07) is 6.35. The van der Waals surface area contributed by atoms with Crippen molar-refractivity contribution in [3.8, 4) is 0 Å². The second kappa shape index (κ2) is 7.96. The first kappa shape index (κ1) is 22.0. The van der Waals surface area contributed by atoms with E-state index in [9.17, 15) is 17.6 Å². The molecular formula is C20H27BF4O2. The predicted molar refractivity (Wildman–Crippen MR) is 99.6 cm³/mol. The highest BCUT2D eigenvalue weighted by molar-refractivity contribution is 6.56. The van der Waals surface area contributed by atoms with Crippen molar-refractivity contribution in [1.29, 1.82) is 0 Å². The summed E-state index contributed by atoms with van der Waals surface area (Å²) in [5.74, 6) is -0.376. The van der Waals surface area contributed by atoms with E-state index in [1.54, 1.807) is 25.1 Å². The highest BCUT2D eigenvalue weighted by Crippen LogP contribution is 2.41. The van der Waals surface area contributed by atoms with Gasteiger partial charge in [-0.05, 0) is 71.0 Å². The van der Waals surface area contributed by atoms with Gasteiger partial charge in [-0.15, -0.1) is 0 Å². The van der Waals surface area contributed by atoms with Gasteiger partial charge < -0.3 is 9.31 Å². The summed E-state index contributed by atoms with van der Waals surface area (Å²) in [5, 5.41) is 0. The number of allylic oxidation sites excluding steroid dienone is 2. The van der Waals surface area contributed by atoms with Crippen LogP contribution in [0.5, 0.6) is 0 Å². The summed E-state index contributed by atoms with van der Waals surface area (Å²) < 4.78 is 63.8. The van der Waals surface area contributed by atoms with E-state index in [4.69, 9.17) is 9.31 Å². The predicted octanol–water partition coefficient (Wildman–Crippen LogP) is 6.35. The van der Waals surface area contributed by atoms with Crippen LogP contribution in [0.25, 0.3) is 5.57 Å². The topological polar surface area (TPSA) is 18.5 Å². The van der Waals surface area contributed by atoms with Gasteiger partial charge >= 0.3 is 13.3 Å². The van der Waals surface area contributed by atoms with Gasteiger partial charge in [-0.25, -0.2) is 4.39 Å². The fourth-order valence-electron chi connectivity index (χ4n) is 3.05. The molecule has 2 nitrogen and oxygen atoms in total. The van der Waals surface area contributed by atoms with Gasteiger partial charge in [-0.2, -0.15) is 13.2 Å². The zero-order chi connectivity index (χ0) is 20.5. The largest absolute Gasteiger partial charge is 0.490 e. The van der Waals surface area contributed by atoms with Crippen molar-refractivity contribution in [3.63, 3.8) is 0 Å². The summed E-state index contributed by atoms with van der Waals surface area (Å²) >= 11 is 0. The molecule has 1 fully saturated rings. The van der Waals surface area contributed by atoms with Crippen LogP contribution in [0.15, 0.2) is 29.7 Å². The molecule has 0 atom stereocenters. The van der Waals surface area contributed by atoms with Crippen LogP contribution < -0.4 is 0 Å². The Morgan fingerprint density at radius 2 is 1.56 bits per heavy atom. The van der Waals surface area contributed by atoms with Crippen LogP contribution in [-0.4, -0.2) is 24.5 Å². The minimum absolute atomic E-state index is 0.0110. The maximum Gasteiger partial charge on any atom is 0.490 e. The van der Waals surface area contributed by atoms with Crippen LogP contribution in [0.1, 0.15) is 65.9 Å². The van der Waals surface area contributed by atoms with Gasteiger partial charge in [-0.1, -0.05) is 18.2 Å². The number of halogens is 4. The van der Waals surface area contributed by atoms with Crippen LogP contribution in [0.3, 0.4) is 0 Å². The monoisotopic (exact) mass is 386 g/mol. The molecular weight excluding hydrogens is 359 g/mol. The second-order valence-electron chi connectivity index (χ2n) is 8.04. The molecule has 1 saturated heterocycles. The molecule has 150 valence electrons. The van der Waals surface area contributed by atoms with Crippen LogP contribution in [0.4, 0.5) is 17.6 Å². The van der Waals surface area contributed by atoms with Gasteiger partial charge in [0.15, 0.2) is 0 Å². The van der Waals surface area contributed by atoms with Gasteiger partial charge in [0.2, 0.25) is 0 Å². The van der Waals surface area contributed by atoms with Crippen LogP contribution >= 0.6 is 0 Å². The summed E-state index contributed by atoms with van der Waals surface area (Å²) in [6.45, 7) is 9.40. The summed E-state index contributed by atoms with van der Waals surface area (Å²) in [7, 11) is -0.708. The Hall–Kier alpha value is -1.34.